The molecule has 0 saturated carbocycles. The highest BCUT2D eigenvalue weighted by atomic mass is 35.5. The minimum absolute atomic E-state index is 0.638. The Morgan fingerprint density at radius 1 is 1.25 bits per heavy atom. The fourth-order valence-corrected chi connectivity index (χ4v) is 2.35. The second-order valence-corrected chi connectivity index (χ2v) is 6.05. The molecule has 2 rings (SSSR count). The number of hydrogen-bond acceptors (Lipinski definition) is 3. The van der Waals surface area contributed by atoms with E-state index in [9.17, 15) is 0 Å². The first-order valence-corrected chi connectivity index (χ1v) is 8.32. The van der Waals surface area contributed by atoms with Gasteiger partial charge in [0.05, 0.1) is 24.2 Å². The Balaban J connectivity index is 2.08. The Morgan fingerprint density at radius 2 is 1.96 bits per heavy atom. The van der Waals surface area contributed by atoms with Crippen LogP contribution in [0, 0.1) is 6.92 Å². The Hall–Kier alpha value is -2.20. The molecule has 4 nitrogen and oxygen atoms in total. The predicted octanol–water partition coefficient (Wildman–Crippen LogP) is 4.88. The van der Waals surface area contributed by atoms with Crippen molar-refractivity contribution in [2.24, 2.45) is 4.99 Å². The first-order chi connectivity index (χ1) is 11.5. The summed E-state index contributed by atoms with van der Waals surface area (Å²) in [6, 6.07) is 11.9. The maximum atomic E-state index is 6.36. The van der Waals surface area contributed by atoms with Crippen molar-refractivity contribution in [3.05, 3.63) is 52.5 Å². The largest absolute Gasteiger partial charge is 0.497 e. The Bertz CT molecular complexity index is 699. The fourth-order valence-electron chi connectivity index (χ4n) is 2.14. The maximum Gasteiger partial charge on any atom is 0.118 e. The highest BCUT2D eigenvalue weighted by Crippen LogP contribution is 2.31. The van der Waals surface area contributed by atoms with Crippen molar-refractivity contribution in [1.82, 2.24) is 4.90 Å². The molecule has 1 N–H and O–H groups in total. The lowest BCUT2D eigenvalue weighted by Crippen LogP contribution is -2.14. The summed E-state index contributed by atoms with van der Waals surface area (Å²) >= 11 is 6.36. The minimum Gasteiger partial charge on any atom is -0.497 e. The van der Waals surface area contributed by atoms with Crippen LogP contribution >= 0.6 is 11.6 Å². The number of anilines is 1. The standard InChI is InChI=1S/C19H24ClN3O/c1-5-23(3)13-22-19-10-14(2)18(11-17(19)20)21-12-15-6-8-16(24-4)9-7-15/h6-11,13,21H,5,12H2,1-4H3. The van der Waals surface area contributed by atoms with Crippen LogP contribution in [0.2, 0.25) is 5.02 Å². The van der Waals surface area contributed by atoms with Crippen molar-refractivity contribution < 1.29 is 4.74 Å². The SMILES string of the molecule is CCN(C)C=Nc1cc(C)c(NCc2ccc(OC)cc2)cc1Cl. The number of aliphatic imine (C=N–C) groups is 1. The lowest BCUT2D eigenvalue weighted by Gasteiger charge is -2.13. The van der Waals surface area contributed by atoms with Crippen molar-refractivity contribution in [3.8, 4) is 5.75 Å². The van der Waals surface area contributed by atoms with Gasteiger partial charge in [-0.05, 0) is 49.2 Å². The molecular formula is C19H24ClN3O. The van der Waals surface area contributed by atoms with E-state index in [1.165, 1.54) is 5.56 Å². The molecule has 0 unspecified atom stereocenters. The molecule has 0 aliphatic carbocycles. The van der Waals surface area contributed by atoms with Gasteiger partial charge in [0.15, 0.2) is 0 Å². The number of benzene rings is 2. The predicted molar refractivity (Wildman–Crippen MR) is 103 cm³/mol. The lowest BCUT2D eigenvalue weighted by molar-refractivity contribution is 0.414. The molecule has 0 saturated heterocycles. The fraction of sp³-hybridized carbons (Fsp3) is 0.316. The van der Waals surface area contributed by atoms with Crippen molar-refractivity contribution >= 4 is 29.3 Å². The van der Waals surface area contributed by atoms with Gasteiger partial charge in [0.1, 0.15) is 5.75 Å². The number of hydrogen-bond donors (Lipinski definition) is 1. The average Bonchev–Trinajstić information content (AvgIpc) is 2.61. The maximum absolute atomic E-state index is 6.36. The summed E-state index contributed by atoms with van der Waals surface area (Å²) in [5.74, 6) is 0.859. The van der Waals surface area contributed by atoms with Crippen LogP contribution in [0.25, 0.3) is 0 Å². The first-order valence-electron chi connectivity index (χ1n) is 7.95. The van der Waals surface area contributed by atoms with E-state index in [1.54, 1.807) is 13.4 Å². The monoisotopic (exact) mass is 345 g/mol. The van der Waals surface area contributed by atoms with Crippen LogP contribution in [0.5, 0.6) is 5.75 Å². The van der Waals surface area contributed by atoms with Gasteiger partial charge in [-0.25, -0.2) is 4.99 Å². The van der Waals surface area contributed by atoms with Crippen molar-refractivity contribution in [3.63, 3.8) is 0 Å². The number of methoxy groups -OCH3 is 1. The third-order valence-electron chi connectivity index (χ3n) is 3.83. The zero-order valence-corrected chi connectivity index (χ0v) is 15.4. The van der Waals surface area contributed by atoms with Crippen molar-refractivity contribution in [1.29, 1.82) is 0 Å². The minimum atomic E-state index is 0.638. The number of nitrogens with zero attached hydrogens (tertiary/aromatic N) is 2. The van der Waals surface area contributed by atoms with E-state index in [1.807, 2.05) is 48.3 Å². The van der Waals surface area contributed by atoms with E-state index in [4.69, 9.17) is 16.3 Å². The van der Waals surface area contributed by atoms with Crippen LogP contribution in [0.15, 0.2) is 41.4 Å². The summed E-state index contributed by atoms with van der Waals surface area (Å²) in [6.07, 6.45) is 1.80. The molecule has 0 aliphatic heterocycles. The van der Waals surface area contributed by atoms with Crippen LogP contribution in [-0.2, 0) is 6.54 Å². The molecular weight excluding hydrogens is 322 g/mol. The molecule has 128 valence electrons. The molecule has 0 atom stereocenters. The molecule has 0 fully saturated rings. The average molecular weight is 346 g/mol. The molecule has 0 spiro atoms. The van der Waals surface area contributed by atoms with E-state index in [-0.39, 0.29) is 0 Å². The summed E-state index contributed by atoms with van der Waals surface area (Å²) in [6.45, 7) is 5.75. The van der Waals surface area contributed by atoms with Gasteiger partial charge in [0.2, 0.25) is 0 Å². The van der Waals surface area contributed by atoms with Gasteiger partial charge in [-0.3, -0.25) is 0 Å². The van der Waals surface area contributed by atoms with Crippen LogP contribution < -0.4 is 10.1 Å². The molecule has 2 aromatic carbocycles. The topological polar surface area (TPSA) is 36.9 Å². The molecule has 0 amide bonds. The summed E-state index contributed by atoms with van der Waals surface area (Å²) in [5.41, 5.74) is 4.08. The zero-order valence-electron chi connectivity index (χ0n) is 14.6. The van der Waals surface area contributed by atoms with Gasteiger partial charge in [-0.2, -0.15) is 0 Å². The smallest absolute Gasteiger partial charge is 0.118 e. The Kier molecular flexibility index (Phi) is 6.50. The summed E-state index contributed by atoms with van der Waals surface area (Å²) < 4.78 is 5.17. The number of ether oxygens (including phenoxy) is 1. The van der Waals surface area contributed by atoms with E-state index >= 15 is 0 Å². The number of nitrogens with one attached hydrogen (secondary N) is 1. The van der Waals surface area contributed by atoms with Crippen molar-refractivity contribution in [2.45, 2.75) is 20.4 Å². The summed E-state index contributed by atoms with van der Waals surface area (Å²) in [7, 11) is 3.65. The van der Waals surface area contributed by atoms with E-state index in [0.29, 0.717) is 5.02 Å². The second kappa shape index (κ2) is 8.60. The highest BCUT2D eigenvalue weighted by molar-refractivity contribution is 6.33. The Morgan fingerprint density at radius 3 is 2.58 bits per heavy atom. The quantitative estimate of drug-likeness (QED) is 0.574. The molecule has 0 bridgehead atoms. The van der Waals surface area contributed by atoms with Gasteiger partial charge in [0, 0.05) is 25.8 Å². The molecule has 5 heteroatoms. The Labute approximate surface area is 149 Å². The number of rotatable bonds is 7. The first kappa shape index (κ1) is 18.1. The second-order valence-electron chi connectivity index (χ2n) is 5.64. The van der Waals surface area contributed by atoms with Crippen LogP contribution in [0.1, 0.15) is 18.1 Å². The third-order valence-corrected chi connectivity index (χ3v) is 4.13. The molecule has 0 aliphatic rings. The van der Waals surface area contributed by atoms with E-state index < -0.39 is 0 Å². The third kappa shape index (κ3) is 4.90. The molecule has 2 aromatic rings. The van der Waals surface area contributed by atoms with Crippen LogP contribution in [0.4, 0.5) is 11.4 Å². The van der Waals surface area contributed by atoms with Crippen LogP contribution in [0.3, 0.4) is 0 Å². The molecule has 0 aromatic heterocycles. The van der Waals surface area contributed by atoms with Gasteiger partial charge < -0.3 is 15.0 Å². The highest BCUT2D eigenvalue weighted by Gasteiger charge is 2.05. The number of aryl methyl sites for hydroxylation is 1. The van der Waals surface area contributed by atoms with E-state index in [2.05, 4.69) is 24.2 Å². The molecule has 0 heterocycles. The van der Waals surface area contributed by atoms with Gasteiger partial charge >= 0.3 is 0 Å². The summed E-state index contributed by atoms with van der Waals surface area (Å²) in [4.78, 5) is 6.44. The van der Waals surface area contributed by atoms with Gasteiger partial charge in [-0.1, -0.05) is 23.7 Å². The molecule has 0 radical (unpaired) electrons. The van der Waals surface area contributed by atoms with Gasteiger partial charge in [-0.15, -0.1) is 0 Å². The zero-order chi connectivity index (χ0) is 17.5. The summed E-state index contributed by atoms with van der Waals surface area (Å²) in [5, 5.41) is 4.06. The number of halogens is 1. The van der Waals surface area contributed by atoms with Crippen molar-refractivity contribution in [2.75, 3.05) is 26.0 Å². The molecule has 24 heavy (non-hydrogen) atoms. The van der Waals surface area contributed by atoms with Crippen LogP contribution in [-0.4, -0.2) is 31.9 Å². The lowest BCUT2D eigenvalue weighted by atomic mass is 10.1. The van der Waals surface area contributed by atoms with Gasteiger partial charge in [0.25, 0.3) is 0 Å². The van der Waals surface area contributed by atoms with E-state index in [0.717, 1.165) is 35.8 Å². The normalized spacial score (nSPS) is 10.9.